The number of alkyl carbamates (subject to hydrolysis) is 1. The Morgan fingerprint density at radius 3 is 2.35 bits per heavy atom. The molecular formula is C20H32N2O4. The fraction of sp³-hybridized carbons (Fsp3) is 0.600. The van der Waals surface area contributed by atoms with Crippen molar-refractivity contribution in [2.24, 2.45) is 5.92 Å². The van der Waals surface area contributed by atoms with Crippen LogP contribution in [0.4, 0.5) is 4.79 Å². The summed E-state index contributed by atoms with van der Waals surface area (Å²) in [7, 11) is 1.71. The van der Waals surface area contributed by atoms with Crippen molar-refractivity contribution < 1.29 is 19.1 Å². The van der Waals surface area contributed by atoms with Gasteiger partial charge in [0.15, 0.2) is 0 Å². The lowest BCUT2D eigenvalue weighted by molar-refractivity contribution is -0.133. The summed E-state index contributed by atoms with van der Waals surface area (Å²) in [5, 5.41) is 2.72. The summed E-state index contributed by atoms with van der Waals surface area (Å²) in [5.41, 5.74) is -0.609. The third-order valence-electron chi connectivity index (χ3n) is 3.97. The summed E-state index contributed by atoms with van der Waals surface area (Å²) in [6.07, 6.45) is 0.186. The number of hydrogen-bond acceptors (Lipinski definition) is 4. The first-order valence-corrected chi connectivity index (χ1v) is 9.06. The van der Waals surface area contributed by atoms with Crippen LogP contribution in [-0.4, -0.2) is 48.7 Å². The van der Waals surface area contributed by atoms with Gasteiger partial charge in [0, 0.05) is 7.05 Å². The van der Waals surface area contributed by atoms with Crippen LogP contribution < -0.4 is 10.1 Å². The van der Waals surface area contributed by atoms with Gasteiger partial charge in [-0.1, -0.05) is 38.5 Å². The summed E-state index contributed by atoms with van der Waals surface area (Å²) in [6, 6.07) is 8.82. The number of nitrogens with one attached hydrogen (secondary N) is 1. The van der Waals surface area contributed by atoms with Crippen LogP contribution in [-0.2, 0) is 9.53 Å². The summed E-state index contributed by atoms with van der Waals surface area (Å²) < 4.78 is 10.9. The zero-order valence-electron chi connectivity index (χ0n) is 16.7. The maximum Gasteiger partial charge on any atom is 0.408 e. The highest BCUT2D eigenvalue weighted by molar-refractivity contribution is 5.85. The van der Waals surface area contributed by atoms with Crippen LogP contribution in [0.3, 0.4) is 0 Å². The van der Waals surface area contributed by atoms with Crippen molar-refractivity contribution in [3.63, 3.8) is 0 Å². The molecule has 0 heterocycles. The smallest absolute Gasteiger partial charge is 0.408 e. The molecule has 146 valence electrons. The molecule has 0 aliphatic heterocycles. The van der Waals surface area contributed by atoms with Gasteiger partial charge in [0.2, 0.25) is 5.91 Å². The van der Waals surface area contributed by atoms with Crippen molar-refractivity contribution in [1.29, 1.82) is 0 Å². The minimum atomic E-state index is -0.628. The van der Waals surface area contributed by atoms with E-state index in [-0.39, 0.29) is 11.8 Å². The van der Waals surface area contributed by atoms with Gasteiger partial charge in [-0.3, -0.25) is 4.79 Å². The van der Waals surface area contributed by atoms with Gasteiger partial charge in [0.05, 0.1) is 6.54 Å². The van der Waals surface area contributed by atoms with E-state index in [1.54, 1.807) is 32.7 Å². The molecular weight excluding hydrogens is 332 g/mol. The molecule has 1 aromatic carbocycles. The standard InChI is InChI=1S/C20H32N2O4/c1-7-15(2)17(21-19(24)26-20(3,4)5)18(23)22(6)13-14-25-16-11-9-8-10-12-16/h8-12,15,17H,7,13-14H2,1-6H3,(H,21,24)/t15-,17+/m1/s1. The molecule has 6 heteroatoms. The molecule has 0 saturated carbocycles. The minimum absolute atomic E-state index is 0.00694. The second-order valence-corrected chi connectivity index (χ2v) is 7.43. The highest BCUT2D eigenvalue weighted by atomic mass is 16.6. The van der Waals surface area contributed by atoms with E-state index >= 15 is 0 Å². The van der Waals surface area contributed by atoms with Crippen molar-refractivity contribution in [2.45, 2.75) is 52.7 Å². The van der Waals surface area contributed by atoms with Crippen LogP contribution in [0, 0.1) is 5.92 Å². The van der Waals surface area contributed by atoms with Gasteiger partial charge >= 0.3 is 6.09 Å². The summed E-state index contributed by atoms with van der Waals surface area (Å²) in [6.45, 7) is 10.1. The van der Waals surface area contributed by atoms with Crippen LogP contribution in [0.25, 0.3) is 0 Å². The van der Waals surface area contributed by atoms with Crippen LogP contribution in [0.2, 0.25) is 0 Å². The number of likely N-dealkylation sites (N-methyl/N-ethyl adjacent to an activating group) is 1. The Morgan fingerprint density at radius 1 is 1.19 bits per heavy atom. The Balaban J connectivity index is 2.61. The third-order valence-corrected chi connectivity index (χ3v) is 3.97. The van der Waals surface area contributed by atoms with Crippen LogP contribution in [0.5, 0.6) is 5.75 Å². The number of nitrogens with zero attached hydrogens (tertiary/aromatic N) is 1. The number of carbonyl (C=O) groups is 2. The van der Waals surface area contributed by atoms with Gasteiger partial charge in [-0.2, -0.15) is 0 Å². The zero-order chi connectivity index (χ0) is 19.7. The second kappa shape index (κ2) is 10.0. The topological polar surface area (TPSA) is 67.9 Å². The first kappa shape index (κ1) is 21.8. The molecule has 0 radical (unpaired) electrons. The zero-order valence-corrected chi connectivity index (χ0v) is 16.7. The molecule has 1 aromatic rings. The maximum atomic E-state index is 12.8. The Morgan fingerprint density at radius 2 is 1.81 bits per heavy atom. The summed E-state index contributed by atoms with van der Waals surface area (Å²) in [4.78, 5) is 26.5. The average molecular weight is 364 g/mol. The highest BCUT2D eigenvalue weighted by Crippen LogP contribution is 2.13. The number of ether oxygens (including phenoxy) is 2. The van der Waals surface area contributed by atoms with Crippen molar-refractivity contribution in [2.75, 3.05) is 20.2 Å². The summed E-state index contributed by atoms with van der Waals surface area (Å²) in [5.74, 6) is 0.605. The van der Waals surface area contributed by atoms with E-state index in [0.717, 1.165) is 12.2 Å². The number of hydrogen-bond donors (Lipinski definition) is 1. The van der Waals surface area contributed by atoms with Crippen molar-refractivity contribution in [3.05, 3.63) is 30.3 Å². The monoisotopic (exact) mass is 364 g/mol. The van der Waals surface area contributed by atoms with E-state index in [9.17, 15) is 9.59 Å². The van der Waals surface area contributed by atoms with Gasteiger partial charge in [0.1, 0.15) is 24.0 Å². The van der Waals surface area contributed by atoms with Gasteiger partial charge in [-0.05, 0) is 38.8 Å². The van der Waals surface area contributed by atoms with E-state index in [1.807, 2.05) is 44.2 Å². The quantitative estimate of drug-likeness (QED) is 0.767. The number of benzene rings is 1. The lowest BCUT2D eigenvalue weighted by Gasteiger charge is -2.29. The molecule has 26 heavy (non-hydrogen) atoms. The van der Waals surface area contributed by atoms with E-state index < -0.39 is 17.7 Å². The molecule has 0 aliphatic rings. The molecule has 0 fully saturated rings. The van der Waals surface area contributed by atoms with E-state index in [0.29, 0.717) is 13.2 Å². The lowest BCUT2D eigenvalue weighted by Crippen LogP contribution is -2.52. The maximum absolute atomic E-state index is 12.8. The minimum Gasteiger partial charge on any atom is -0.492 e. The van der Waals surface area contributed by atoms with Crippen molar-refractivity contribution >= 4 is 12.0 Å². The molecule has 0 unspecified atom stereocenters. The molecule has 1 N–H and O–H groups in total. The van der Waals surface area contributed by atoms with E-state index in [4.69, 9.17) is 9.47 Å². The van der Waals surface area contributed by atoms with Crippen LogP contribution in [0.15, 0.2) is 30.3 Å². The van der Waals surface area contributed by atoms with Crippen LogP contribution in [0.1, 0.15) is 41.0 Å². The predicted octanol–water partition coefficient (Wildman–Crippen LogP) is 3.46. The largest absolute Gasteiger partial charge is 0.492 e. The Kier molecular flexibility index (Phi) is 8.42. The Labute approximate surface area is 156 Å². The number of rotatable bonds is 8. The third kappa shape index (κ3) is 7.76. The molecule has 6 nitrogen and oxygen atoms in total. The molecule has 0 spiro atoms. The van der Waals surface area contributed by atoms with Gasteiger partial charge in [-0.15, -0.1) is 0 Å². The lowest BCUT2D eigenvalue weighted by atomic mass is 9.98. The SMILES string of the molecule is CC[C@@H](C)[C@H](NC(=O)OC(C)(C)C)C(=O)N(C)CCOc1ccccc1. The Hall–Kier alpha value is -2.24. The van der Waals surface area contributed by atoms with Crippen LogP contribution >= 0.6 is 0 Å². The molecule has 2 atom stereocenters. The van der Waals surface area contributed by atoms with Crippen molar-refractivity contribution in [1.82, 2.24) is 10.2 Å². The fourth-order valence-electron chi connectivity index (χ4n) is 2.28. The van der Waals surface area contributed by atoms with E-state index in [1.165, 1.54) is 0 Å². The normalized spacial score (nSPS) is 13.5. The number of carbonyl (C=O) groups excluding carboxylic acids is 2. The predicted molar refractivity (Wildman–Crippen MR) is 102 cm³/mol. The van der Waals surface area contributed by atoms with Gasteiger partial charge in [0.25, 0.3) is 0 Å². The molecule has 2 amide bonds. The molecule has 0 aliphatic carbocycles. The average Bonchev–Trinajstić information content (AvgIpc) is 2.57. The molecule has 0 bridgehead atoms. The number of para-hydroxylation sites is 1. The van der Waals surface area contributed by atoms with Gasteiger partial charge in [-0.25, -0.2) is 4.79 Å². The highest BCUT2D eigenvalue weighted by Gasteiger charge is 2.30. The van der Waals surface area contributed by atoms with E-state index in [2.05, 4.69) is 5.32 Å². The number of amides is 2. The Bertz CT molecular complexity index is 569. The van der Waals surface area contributed by atoms with Gasteiger partial charge < -0.3 is 19.7 Å². The second-order valence-electron chi connectivity index (χ2n) is 7.43. The molecule has 0 aromatic heterocycles. The fourth-order valence-corrected chi connectivity index (χ4v) is 2.28. The molecule has 0 saturated heterocycles. The van der Waals surface area contributed by atoms with Crippen molar-refractivity contribution in [3.8, 4) is 5.75 Å². The summed E-state index contributed by atoms with van der Waals surface area (Å²) >= 11 is 0. The first-order valence-electron chi connectivity index (χ1n) is 9.06. The molecule has 1 rings (SSSR count). The first-order chi connectivity index (χ1) is 12.1.